The molecule has 0 saturated heterocycles. The number of nitrogens with zero attached hydrogens (tertiary/aromatic N) is 1. The Kier molecular flexibility index (Phi) is 5.63. The van der Waals surface area contributed by atoms with Gasteiger partial charge in [0.05, 0.1) is 10.5 Å². The Bertz CT molecular complexity index is 1110. The number of carboxylic acids is 1. The summed E-state index contributed by atoms with van der Waals surface area (Å²) in [5, 5.41) is 12.8. The van der Waals surface area contributed by atoms with E-state index in [1.165, 1.54) is 12.1 Å². The fourth-order valence-electron chi connectivity index (χ4n) is 4.06. The second-order valence-corrected chi connectivity index (χ2v) is 7.71. The molecule has 1 unspecified atom stereocenters. The number of aromatic nitrogens is 1. The second-order valence-electron chi connectivity index (χ2n) is 7.30. The summed E-state index contributed by atoms with van der Waals surface area (Å²) in [6.07, 6.45) is 0.912. The highest BCUT2D eigenvalue weighted by Gasteiger charge is 2.29. The lowest BCUT2D eigenvalue weighted by atomic mass is 9.91. The Balaban J connectivity index is 1.55. The lowest BCUT2D eigenvalue weighted by Gasteiger charge is -2.24. The van der Waals surface area contributed by atoms with Crippen LogP contribution in [0.15, 0.2) is 42.5 Å². The molecule has 4 rings (SSSR count). The first kappa shape index (κ1) is 20.2. The molecule has 0 saturated carbocycles. The minimum atomic E-state index is -1.03. The lowest BCUT2D eigenvalue weighted by molar-refractivity contribution is -0.137. The summed E-state index contributed by atoms with van der Waals surface area (Å²) in [6.45, 7) is -0.140. The molecule has 2 N–H and O–H groups in total. The van der Waals surface area contributed by atoms with E-state index < -0.39 is 17.9 Å². The monoisotopic (exact) mass is 430 g/mol. The van der Waals surface area contributed by atoms with Gasteiger partial charge in [-0.05, 0) is 42.5 Å². The molecule has 30 heavy (non-hydrogen) atoms. The highest BCUT2D eigenvalue weighted by atomic mass is 35.5. The van der Waals surface area contributed by atoms with Crippen LogP contribution in [0.4, 0.5) is 9.18 Å². The van der Waals surface area contributed by atoms with E-state index >= 15 is 0 Å². The number of nitrogens with one attached hydrogen (secondary N) is 1. The molecule has 156 valence electrons. The third kappa shape index (κ3) is 3.98. The number of amides is 1. The summed E-state index contributed by atoms with van der Waals surface area (Å²) in [5.41, 5.74) is 2.70. The fraction of sp³-hybridized carbons (Fsp3) is 0.273. The predicted molar refractivity (Wildman–Crippen MR) is 110 cm³/mol. The third-order valence-electron chi connectivity index (χ3n) is 5.33. The van der Waals surface area contributed by atoms with Gasteiger partial charge in [-0.1, -0.05) is 41.9 Å². The highest BCUT2D eigenvalue weighted by Crippen LogP contribution is 2.37. The molecule has 0 radical (unpaired) electrons. The van der Waals surface area contributed by atoms with Crippen molar-refractivity contribution in [1.82, 2.24) is 9.88 Å². The van der Waals surface area contributed by atoms with E-state index in [-0.39, 0.29) is 19.2 Å². The molecule has 0 aliphatic heterocycles. The van der Waals surface area contributed by atoms with E-state index in [4.69, 9.17) is 16.3 Å². The largest absolute Gasteiger partial charge is 0.480 e. The van der Waals surface area contributed by atoms with Crippen LogP contribution >= 0.6 is 11.6 Å². The van der Waals surface area contributed by atoms with Crippen molar-refractivity contribution in [3.63, 3.8) is 0 Å². The van der Waals surface area contributed by atoms with Crippen LogP contribution in [-0.2, 0) is 35.5 Å². The summed E-state index contributed by atoms with van der Waals surface area (Å²) in [5.74, 6) is -1.48. The number of halogens is 2. The molecule has 3 aromatic rings. The smallest absolute Gasteiger partial charge is 0.407 e. The Labute approximate surface area is 177 Å². The zero-order valence-electron chi connectivity index (χ0n) is 16.0. The van der Waals surface area contributed by atoms with Gasteiger partial charge in [0.2, 0.25) is 0 Å². The molecule has 2 aromatic carbocycles. The van der Waals surface area contributed by atoms with Crippen LogP contribution in [0.2, 0.25) is 5.02 Å². The first-order valence-electron chi connectivity index (χ1n) is 9.61. The topological polar surface area (TPSA) is 80.6 Å². The van der Waals surface area contributed by atoms with Crippen molar-refractivity contribution in [2.24, 2.45) is 0 Å². The van der Waals surface area contributed by atoms with Crippen molar-refractivity contribution in [3.8, 4) is 0 Å². The molecule has 0 spiro atoms. The molecule has 1 aromatic heterocycles. The molecular formula is C22H20ClFN2O4. The highest BCUT2D eigenvalue weighted by molar-refractivity contribution is 6.35. The van der Waals surface area contributed by atoms with Gasteiger partial charge in [-0.15, -0.1) is 0 Å². The zero-order chi connectivity index (χ0) is 21.3. The molecule has 6 nitrogen and oxygen atoms in total. The van der Waals surface area contributed by atoms with E-state index in [0.29, 0.717) is 40.8 Å². The fourth-order valence-corrected chi connectivity index (χ4v) is 4.32. The average molecular weight is 431 g/mol. The number of hydrogen-bond acceptors (Lipinski definition) is 3. The Hall–Kier alpha value is -3.06. The average Bonchev–Trinajstić information content (AvgIpc) is 3.04. The normalized spacial score (nSPS) is 15.6. The van der Waals surface area contributed by atoms with Crippen molar-refractivity contribution in [2.45, 2.75) is 38.5 Å². The van der Waals surface area contributed by atoms with Crippen LogP contribution in [0.1, 0.15) is 23.2 Å². The number of carboxylic acid groups (broad SMARTS) is 1. The van der Waals surface area contributed by atoms with Crippen molar-refractivity contribution >= 4 is 34.6 Å². The Morgan fingerprint density at radius 3 is 2.73 bits per heavy atom. The van der Waals surface area contributed by atoms with Gasteiger partial charge < -0.3 is 19.7 Å². The minimum absolute atomic E-state index is 0.160. The first-order valence-corrected chi connectivity index (χ1v) is 9.98. The van der Waals surface area contributed by atoms with Crippen LogP contribution in [0, 0.1) is 5.82 Å². The van der Waals surface area contributed by atoms with Gasteiger partial charge >= 0.3 is 12.1 Å². The number of ether oxygens (including phenoxy) is 1. The minimum Gasteiger partial charge on any atom is -0.480 e. The summed E-state index contributed by atoms with van der Waals surface area (Å²) >= 11 is 6.29. The Morgan fingerprint density at radius 2 is 2.00 bits per heavy atom. The molecule has 1 amide bonds. The third-order valence-corrected chi connectivity index (χ3v) is 5.64. The van der Waals surface area contributed by atoms with E-state index in [9.17, 15) is 19.1 Å². The van der Waals surface area contributed by atoms with Crippen molar-refractivity contribution in [1.29, 1.82) is 0 Å². The maximum absolute atomic E-state index is 14.7. The molecule has 1 heterocycles. The van der Waals surface area contributed by atoms with Crippen LogP contribution in [0.5, 0.6) is 0 Å². The SMILES string of the molecule is O=C(O)Cn1c2c(c3c(F)ccc(Cl)c31)CC(NC(=O)OCc1ccccc1)CC2. The van der Waals surface area contributed by atoms with Gasteiger partial charge in [0, 0.05) is 17.1 Å². The summed E-state index contributed by atoms with van der Waals surface area (Å²) in [6, 6.07) is 11.8. The number of benzene rings is 2. The number of hydrogen-bond donors (Lipinski definition) is 2. The number of aliphatic carboxylic acids is 1. The van der Waals surface area contributed by atoms with E-state index in [2.05, 4.69) is 5.32 Å². The molecular weight excluding hydrogens is 411 g/mol. The van der Waals surface area contributed by atoms with E-state index in [1.54, 1.807) is 4.57 Å². The van der Waals surface area contributed by atoms with Crippen LogP contribution in [0.25, 0.3) is 10.9 Å². The molecule has 1 atom stereocenters. The zero-order valence-corrected chi connectivity index (χ0v) is 16.8. The van der Waals surface area contributed by atoms with Gasteiger partial charge in [0.25, 0.3) is 0 Å². The predicted octanol–water partition coefficient (Wildman–Crippen LogP) is 4.30. The van der Waals surface area contributed by atoms with Gasteiger partial charge in [-0.2, -0.15) is 0 Å². The maximum Gasteiger partial charge on any atom is 0.407 e. The molecule has 0 fully saturated rings. The van der Waals surface area contributed by atoms with Gasteiger partial charge in [0.15, 0.2) is 0 Å². The van der Waals surface area contributed by atoms with Crippen LogP contribution in [-0.4, -0.2) is 27.8 Å². The Morgan fingerprint density at radius 1 is 1.23 bits per heavy atom. The van der Waals surface area contributed by atoms with Crippen molar-refractivity contribution < 1.29 is 23.8 Å². The van der Waals surface area contributed by atoms with Gasteiger partial charge in [-0.3, -0.25) is 4.79 Å². The molecule has 8 heteroatoms. The quantitative estimate of drug-likeness (QED) is 0.632. The van der Waals surface area contributed by atoms with E-state index in [1.807, 2.05) is 30.3 Å². The molecule has 1 aliphatic rings. The lowest BCUT2D eigenvalue weighted by Crippen LogP contribution is -2.39. The van der Waals surface area contributed by atoms with Crippen molar-refractivity contribution in [3.05, 3.63) is 70.1 Å². The van der Waals surface area contributed by atoms with Crippen LogP contribution in [0.3, 0.4) is 0 Å². The van der Waals surface area contributed by atoms with Crippen molar-refractivity contribution in [2.75, 3.05) is 0 Å². The number of rotatable bonds is 5. The molecule has 0 bridgehead atoms. The number of carbonyl (C=O) groups is 2. The van der Waals surface area contributed by atoms with Gasteiger partial charge in [0.1, 0.15) is 19.0 Å². The summed E-state index contributed by atoms with van der Waals surface area (Å²) in [7, 11) is 0. The van der Waals surface area contributed by atoms with E-state index in [0.717, 1.165) is 11.3 Å². The first-order chi connectivity index (χ1) is 14.4. The number of carbonyl (C=O) groups excluding carboxylic acids is 1. The molecule has 1 aliphatic carbocycles. The second kappa shape index (κ2) is 8.36. The van der Waals surface area contributed by atoms with Crippen LogP contribution < -0.4 is 5.32 Å². The summed E-state index contributed by atoms with van der Waals surface area (Å²) < 4.78 is 21.5. The maximum atomic E-state index is 14.7. The summed E-state index contributed by atoms with van der Waals surface area (Å²) in [4.78, 5) is 23.6. The number of fused-ring (bicyclic) bond motifs is 3. The van der Waals surface area contributed by atoms with Gasteiger partial charge in [-0.25, -0.2) is 9.18 Å². The number of alkyl carbamates (subject to hydrolysis) is 1. The standard InChI is InChI=1S/C22H20ClFN2O4/c23-16-7-8-17(24)20-15-10-14(6-9-18(15)26(21(16)20)11-19(27)28)25-22(29)30-12-13-4-2-1-3-5-13/h1-5,7-8,14H,6,9-12H2,(H,25,29)(H,27,28).